The highest BCUT2D eigenvalue weighted by Gasteiger charge is 2.10. The van der Waals surface area contributed by atoms with Crippen molar-refractivity contribution in [2.45, 2.75) is 0 Å². The van der Waals surface area contributed by atoms with Gasteiger partial charge in [-0.3, -0.25) is 9.48 Å². The van der Waals surface area contributed by atoms with E-state index in [4.69, 9.17) is 5.73 Å². The number of hydrogen-bond donors (Lipinski definition) is 2. The average Bonchev–Trinajstić information content (AvgIpc) is 2.86. The summed E-state index contributed by atoms with van der Waals surface area (Å²) in [6.07, 6.45) is 1.66. The zero-order valence-electron chi connectivity index (χ0n) is 10.9. The van der Waals surface area contributed by atoms with E-state index in [1.54, 1.807) is 19.3 Å². The Morgan fingerprint density at radius 1 is 1.50 bits per heavy atom. The lowest BCUT2D eigenvalue weighted by molar-refractivity contribution is 0.102. The molecule has 3 N–H and O–H groups in total. The van der Waals surface area contributed by atoms with E-state index in [1.165, 1.54) is 22.9 Å². The van der Waals surface area contributed by atoms with Crippen LogP contribution in [-0.2, 0) is 7.05 Å². The molecule has 6 heteroatoms. The summed E-state index contributed by atoms with van der Waals surface area (Å²) in [4.78, 5) is 11.9. The molecular weight excluding hydrogens is 259 g/mol. The van der Waals surface area contributed by atoms with Gasteiger partial charge < -0.3 is 11.1 Å². The quantitative estimate of drug-likeness (QED) is 0.805. The zero-order valence-corrected chi connectivity index (χ0v) is 10.9. The van der Waals surface area contributed by atoms with Gasteiger partial charge in [0.15, 0.2) is 5.69 Å². The van der Waals surface area contributed by atoms with Crippen molar-refractivity contribution in [3.8, 4) is 11.8 Å². The minimum atomic E-state index is -0.457. The Morgan fingerprint density at radius 3 is 2.95 bits per heavy atom. The van der Waals surface area contributed by atoms with Crippen LogP contribution >= 0.6 is 0 Å². The SMILES string of the molecule is Cn1ccc(C(=O)Nc2ccc(F)c(C#CCN)c2)n1. The van der Waals surface area contributed by atoms with Crippen LogP contribution in [0.5, 0.6) is 0 Å². The number of carbonyl (C=O) groups is 1. The second kappa shape index (κ2) is 5.99. The molecule has 1 aromatic heterocycles. The summed E-state index contributed by atoms with van der Waals surface area (Å²) in [5, 5.41) is 6.62. The van der Waals surface area contributed by atoms with E-state index in [1.807, 2.05) is 0 Å². The monoisotopic (exact) mass is 272 g/mol. The van der Waals surface area contributed by atoms with Crippen LogP contribution in [0.15, 0.2) is 30.5 Å². The van der Waals surface area contributed by atoms with Gasteiger partial charge in [-0.15, -0.1) is 0 Å². The van der Waals surface area contributed by atoms with Crippen molar-refractivity contribution in [2.75, 3.05) is 11.9 Å². The number of anilines is 1. The number of rotatable bonds is 2. The zero-order chi connectivity index (χ0) is 14.5. The van der Waals surface area contributed by atoms with Crippen LogP contribution in [0, 0.1) is 17.7 Å². The average molecular weight is 272 g/mol. The third-order valence-corrected chi connectivity index (χ3v) is 2.50. The van der Waals surface area contributed by atoms with E-state index < -0.39 is 5.82 Å². The minimum Gasteiger partial charge on any atom is -0.321 e. The van der Waals surface area contributed by atoms with Crippen LogP contribution < -0.4 is 11.1 Å². The second-order valence-electron chi connectivity index (χ2n) is 4.03. The highest BCUT2D eigenvalue weighted by atomic mass is 19.1. The smallest absolute Gasteiger partial charge is 0.276 e. The number of amides is 1. The number of benzene rings is 1. The van der Waals surface area contributed by atoms with Crippen molar-refractivity contribution >= 4 is 11.6 Å². The molecule has 2 rings (SSSR count). The summed E-state index contributed by atoms with van der Waals surface area (Å²) in [6.45, 7) is 0.143. The maximum atomic E-state index is 13.5. The molecule has 0 bridgehead atoms. The number of nitrogens with one attached hydrogen (secondary N) is 1. The Bertz CT molecular complexity index is 697. The largest absolute Gasteiger partial charge is 0.321 e. The molecule has 0 aliphatic rings. The summed E-state index contributed by atoms with van der Waals surface area (Å²) >= 11 is 0. The third kappa shape index (κ3) is 3.22. The van der Waals surface area contributed by atoms with E-state index in [-0.39, 0.29) is 23.7 Å². The maximum absolute atomic E-state index is 13.5. The summed E-state index contributed by atoms with van der Waals surface area (Å²) in [5.74, 6) is 4.36. The van der Waals surface area contributed by atoms with Crippen LogP contribution in [-0.4, -0.2) is 22.2 Å². The molecule has 0 aliphatic heterocycles. The molecule has 0 spiro atoms. The lowest BCUT2D eigenvalue weighted by Crippen LogP contribution is -2.13. The number of halogens is 1. The van der Waals surface area contributed by atoms with Crippen LogP contribution in [0.3, 0.4) is 0 Å². The van der Waals surface area contributed by atoms with Crippen molar-refractivity contribution in [1.82, 2.24) is 9.78 Å². The lowest BCUT2D eigenvalue weighted by Gasteiger charge is -2.04. The molecule has 1 amide bonds. The number of nitrogens with two attached hydrogens (primary N) is 1. The van der Waals surface area contributed by atoms with Gasteiger partial charge in [-0.1, -0.05) is 11.8 Å². The van der Waals surface area contributed by atoms with Crippen LogP contribution in [0.25, 0.3) is 0 Å². The first-order valence-corrected chi connectivity index (χ1v) is 5.89. The van der Waals surface area contributed by atoms with Crippen molar-refractivity contribution in [3.05, 3.63) is 47.5 Å². The molecular formula is C14H13FN4O. The van der Waals surface area contributed by atoms with Gasteiger partial charge in [0.25, 0.3) is 5.91 Å². The normalized spacial score (nSPS) is 9.75. The number of nitrogens with zero attached hydrogens (tertiary/aromatic N) is 2. The molecule has 0 unspecified atom stereocenters. The first kappa shape index (κ1) is 13.8. The molecule has 1 aromatic carbocycles. The Labute approximate surface area is 115 Å². The predicted octanol–water partition coefficient (Wildman–Crippen LogP) is 1.12. The van der Waals surface area contributed by atoms with Crippen LogP contribution in [0.4, 0.5) is 10.1 Å². The molecule has 0 radical (unpaired) electrons. The van der Waals surface area contributed by atoms with Gasteiger partial charge in [0, 0.05) is 18.9 Å². The maximum Gasteiger partial charge on any atom is 0.276 e. The molecule has 0 atom stereocenters. The molecule has 5 nitrogen and oxygen atoms in total. The lowest BCUT2D eigenvalue weighted by atomic mass is 10.2. The molecule has 102 valence electrons. The van der Waals surface area contributed by atoms with Gasteiger partial charge in [0.2, 0.25) is 0 Å². The molecule has 0 saturated heterocycles. The molecule has 2 aromatic rings. The van der Waals surface area contributed by atoms with Gasteiger partial charge in [0.1, 0.15) is 5.82 Å². The van der Waals surface area contributed by atoms with Crippen LogP contribution in [0.2, 0.25) is 0 Å². The molecule has 0 saturated carbocycles. The minimum absolute atomic E-state index is 0.143. The van der Waals surface area contributed by atoms with Crippen molar-refractivity contribution in [3.63, 3.8) is 0 Å². The third-order valence-electron chi connectivity index (χ3n) is 2.50. The van der Waals surface area contributed by atoms with Crippen molar-refractivity contribution < 1.29 is 9.18 Å². The predicted molar refractivity (Wildman–Crippen MR) is 73.5 cm³/mol. The summed E-state index contributed by atoms with van der Waals surface area (Å²) in [7, 11) is 1.72. The fourth-order valence-corrected chi connectivity index (χ4v) is 1.58. The summed E-state index contributed by atoms with van der Waals surface area (Å²) < 4.78 is 15.0. The van der Waals surface area contributed by atoms with Gasteiger partial charge >= 0.3 is 0 Å². The Morgan fingerprint density at radius 2 is 2.30 bits per heavy atom. The Hall–Kier alpha value is -2.65. The van der Waals surface area contributed by atoms with E-state index in [0.29, 0.717) is 5.69 Å². The van der Waals surface area contributed by atoms with E-state index in [2.05, 4.69) is 22.3 Å². The molecule has 1 heterocycles. The highest BCUT2D eigenvalue weighted by molar-refractivity contribution is 6.02. The summed E-state index contributed by atoms with van der Waals surface area (Å²) in [6, 6.07) is 5.76. The van der Waals surface area contributed by atoms with Gasteiger partial charge in [-0.05, 0) is 24.3 Å². The summed E-state index contributed by atoms with van der Waals surface area (Å²) in [5.41, 5.74) is 6.17. The fourth-order valence-electron chi connectivity index (χ4n) is 1.58. The molecule has 0 fully saturated rings. The van der Waals surface area contributed by atoms with E-state index in [0.717, 1.165) is 0 Å². The van der Waals surface area contributed by atoms with Crippen molar-refractivity contribution in [1.29, 1.82) is 0 Å². The highest BCUT2D eigenvalue weighted by Crippen LogP contribution is 2.14. The number of aryl methyl sites for hydroxylation is 1. The standard InChI is InChI=1S/C14H13FN4O/c1-19-8-6-13(18-19)14(20)17-11-4-5-12(15)10(9-11)3-2-7-16/h4-6,8-9H,7,16H2,1H3,(H,17,20). The number of aromatic nitrogens is 2. The van der Waals surface area contributed by atoms with Crippen LogP contribution in [0.1, 0.15) is 16.1 Å². The number of carbonyl (C=O) groups excluding carboxylic acids is 1. The Kier molecular flexibility index (Phi) is 4.13. The van der Waals surface area contributed by atoms with Crippen molar-refractivity contribution in [2.24, 2.45) is 12.8 Å². The Balaban J connectivity index is 2.19. The van der Waals surface area contributed by atoms with E-state index in [9.17, 15) is 9.18 Å². The first-order chi connectivity index (χ1) is 9.60. The second-order valence-corrected chi connectivity index (χ2v) is 4.03. The molecule has 0 aliphatic carbocycles. The molecule has 20 heavy (non-hydrogen) atoms. The van der Waals surface area contributed by atoms with Gasteiger partial charge in [0.05, 0.1) is 12.1 Å². The van der Waals surface area contributed by atoms with E-state index >= 15 is 0 Å². The fraction of sp³-hybridized carbons (Fsp3) is 0.143. The first-order valence-electron chi connectivity index (χ1n) is 5.89. The van der Waals surface area contributed by atoms with Gasteiger partial charge in [-0.2, -0.15) is 5.10 Å². The number of hydrogen-bond acceptors (Lipinski definition) is 3. The van der Waals surface area contributed by atoms with Gasteiger partial charge in [-0.25, -0.2) is 4.39 Å². The topological polar surface area (TPSA) is 72.9 Å².